The Bertz CT molecular complexity index is 776. The minimum Gasteiger partial charge on any atom is -0.493 e. The summed E-state index contributed by atoms with van der Waals surface area (Å²) in [6.07, 6.45) is 1.45. The predicted molar refractivity (Wildman–Crippen MR) is 91.1 cm³/mol. The Hall–Kier alpha value is -1.52. The van der Waals surface area contributed by atoms with Crippen molar-refractivity contribution in [2.75, 3.05) is 27.2 Å². The second-order valence-corrected chi connectivity index (χ2v) is 6.69. The molecular weight excluding hydrogens is 290 g/mol. The first kappa shape index (κ1) is 10.4. The number of fused-ring (bicyclic) bond motifs is 3. The molecule has 1 fully saturated rings. The molecule has 2 aliphatic heterocycles. The molecule has 4 heteroatoms. The van der Waals surface area contributed by atoms with Crippen molar-refractivity contribution in [3.05, 3.63) is 35.4 Å². The summed E-state index contributed by atoms with van der Waals surface area (Å²) >= 11 is 0. The van der Waals surface area contributed by atoms with Gasteiger partial charge in [-0.05, 0) is 49.4 Å². The fourth-order valence-corrected chi connectivity index (χ4v) is 3.91. The van der Waals surface area contributed by atoms with Gasteiger partial charge in [0.05, 0.1) is 28.4 Å². The Morgan fingerprint density at radius 3 is 2.83 bits per heavy atom. The first-order chi connectivity index (χ1) is 13.3. The number of aliphatic hydroxyl groups is 1. The average Bonchev–Trinajstić information content (AvgIpc) is 2.53. The Morgan fingerprint density at radius 2 is 2.13 bits per heavy atom. The van der Waals surface area contributed by atoms with Crippen LogP contribution >= 0.6 is 0 Å². The number of allylic oxidation sites excluding steroid dienone is 1. The molecule has 0 aromatic heterocycles. The molecule has 0 unspecified atom stereocenters. The predicted octanol–water partition coefficient (Wildman–Crippen LogP) is 2.95. The Balaban J connectivity index is 1.95. The van der Waals surface area contributed by atoms with Crippen molar-refractivity contribution in [2.45, 2.75) is 38.3 Å². The monoisotopic (exact) mass is 323 g/mol. The summed E-state index contributed by atoms with van der Waals surface area (Å²) in [4.78, 5) is 2.28. The molecule has 126 valence electrons. The lowest BCUT2D eigenvalue weighted by molar-refractivity contribution is -0.0117. The number of ether oxygens (including phenoxy) is 2. The maximum absolute atomic E-state index is 10.7. The highest BCUT2D eigenvalue weighted by molar-refractivity contribution is 5.49. The van der Waals surface area contributed by atoms with Crippen LogP contribution in [0.5, 0.6) is 11.5 Å². The Labute approximate surface area is 147 Å². The molecule has 0 spiro atoms. The van der Waals surface area contributed by atoms with Gasteiger partial charge in [0.1, 0.15) is 0 Å². The van der Waals surface area contributed by atoms with E-state index >= 15 is 0 Å². The van der Waals surface area contributed by atoms with Gasteiger partial charge in [0.25, 0.3) is 0 Å². The minimum atomic E-state index is -2.74. The summed E-state index contributed by atoms with van der Waals surface area (Å²) in [7, 11) is -5.47. The van der Waals surface area contributed by atoms with Gasteiger partial charge in [0, 0.05) is 25.0 Å². The SMILES string of the molecule is [2H]C([2H])([2H])Oc1cc2c(cc1OC([2H])([2H])[2H])[C@@H]1C[C@@H](O)[C@@H](CC(=C)C)CN1CC2. The van der Waals surface area contributed by atoms with Gasteiger partial charge in [-0.2, -0.15) is 0 Å². The van der Waals surface area contributed by atoms with E-state index in [4.69, 9.17) is 17.7 Å². The highest BCUT2D eigenvalue weighted by Crippen LogP contribution is 2.43. The lowest BCUT2D eigenvalue weighted by Crippen LogP contribution is -2.48. The first-order valence-electron chi connectivity index (χ1n) is 10.9. The number of hydrogen-bond donors (Lipinski definition) is 1. The van der Waals surface area contributed by atoms with Gasteiger partial charge in [0.2, 0.25) is 0 Å². The molecule has 3 atom stereocenters. The van der Waals surface area contributed by atoms with Crippen molar-refractivity contribution in [3.8, 4) is 11.5 Å². The van der Waals surface area contributed by atoms with Gasteiger partial charge >= 0.3 is 0 Å². The van der Waals surface area contributed by atoms with Crippen molar-refractivity contribution in [1.29, 1.82) is 0 Å². The lowest BCUT2D eigenvalue weighted by atomic mass is 9.80. The molecule has 1 aromatic carbocycles. The van der Waals surface area contributed by atoms with E-state index < -0.39 is 20.2 Å². The summed E-state index contributed by atoms with van der Waals surface area (Å²) in [6.45, 7) is 7.39. The van der Waals surface area contributed by atoms with Gasteiger partial charge < -0.3 is 14.6 Å². The number of benzene rings is 1. The molecule has 2 aliphatic rings. The molecule has 3 rings (SSSR count). The van der Waals surface area contributed by atoms with Crippen molar-refractivity contribution < 1.29 is 22.8 Å². The van der Waals surface area contributed by atoms with Crippen LogP contribution in [0.4, 0.5) is 0 Å². The zero-order valence-corrected chi connectivity index (χ0v) is 13.3. The quantitative estimate of drug-likeness (QED) is 0.865. The van der Waals surface area contributed by atoms with Gasteiger partial charge in [0.15, 0.2) is 11.5 Å². The molecular formula is C19H27NO3. The molecule has 4 nitrogen and oxygen atoms in total. The van der Waals surface area contributed by atoms with Crippen LogP contribution in [0.1, 0.15) is 45.2 Å². The molecule has 1 saturated heterocycles. The van der Waals surface area contributed by atoms with Gasteiger partial charge in [-0.25, -0.2) is 0 Å². The molecule has 1 aromatic rings. The maximum atomic E-state index is 10.7. The second kappa shape index (κ2) is 6.54. The van der Waals surface area contributed by atoms with Crippen LogP contribution in [-0.4, -0.2) is 43.3 Å². The topological polar surface area (TPSA) is 41.9 Å². The standard InChI is InChI=1S/C19H27NO3/c1-12(2)7-14-11-20-6-5-13-8-18(22-3)19(23-4)9-15(13)16(20)10-17(14)21/h8-9,14,16-17,21H,1,5-7,10-11H2,2-4H3/t14-,16-,17+/m0/s1/i3D3,4D3. The van der Waals surface area contributed by atoms with E-state index in [1.54, 1.807) is 12.1 Å². The molecule has 23 heavy (non-hydrogen) atoms. The molecule has 0 radical (unpaired) electrons. The molecule has 0 saturated carbocycles. The van der Waals surface area contributed by atoms with Crippen LogP contribution in [0.3, 0.4) is 0 Å². The smallest absolute Gasteiger partial charge is 0.161 e. The zero-order valence-electron chi connectivity index (χ0n) is 19.3. The summed E-state index contributed by atoms with van der Waals surface area (Å²) < 4.78 is 54.3. The molecule has 0 amide bonds. The average molecular weight is 323 g/mol. The third-order valence-electron chi connectivity index (χ3n) is 4.98. The van der Waals surface area contributed by atoms with E-state index in [1.807, 2.05) is 6.92 Å². The van der Waals surface area contributed by atoms with Crippen LogP contribution in [0.15, 0.2) is 24.3 Å². The Kier molecular flexibility index (Phi) is 2.95. The normalized spacial score (nSPS) is 32.0. The van der Waals surface area contributed by atoms with Gasteiger partial charge in [-0.1, -0.05) is 5.57 Å². The number of aliphatic hydroxyl groups excluding tert-OH is 1. The largest absolute Gasteiger partial charge is 0.493 e. The number of rotatable bonds is 4. The number of piperidine rings is 1. The van der Waals surface area contributed by atoms with E-state index in [0.717, 1.165) is 36.2 Å². The van der Waals surface area contributed by atoms with E-state index in [9.17, 15) is 5.11 Å². The molecule has 1 N–H and O–H groups in total. The highest BCUT2D eigenvalue weighted by Gasteiger charge is 2.38. The summed E-state index contributed by atoms with van der Waals surface area (Å²) in [5.41, 5.74) is 2.76. The van der Waals surface area contributed by atoms with Gasteiger partial charge in [-0.15, -0.1) is 6.58 Å². The number of nitrogens with zero attached hydrogens (tertiary/aromatic N) is 1. The fraction of sp³-hybridized carbons (Fsp3) is 0.579. The highest BCUT2D eigenvalue weighted by atomic mass is 16.5. The van der Waals surface area contributed by atoms with E-state index in [2.05, 4.69) is 11.5 Å². The lowest BCUT2D eigenvalue weighted by Gasteiger charge is -2.46. The zero-order chi connectivity index (χ0) is 21.6. The molecule has 0 aliphatic carbocycles. The maximum Gasteiger partial charge on any atom is 0.161 e. The van der Waals surface area contributed by atoms with E-state index in [1.165, 1.54) is 0 Å². The van der Waals surface area contributed by atoms with Crippen molar-refractivity contribution in [2.24, 2.45) is 5.92 Å². The van der Waals surface area contributed by atoms with Crippen LogP contribution in [-0.2, 0) is 6.42 Å². The van der Waals surface area contributed by atoms with E-state index in [-0.39, 0.29) is 23.5 Å². The third kappa shape index (κ3) is 3.10. The summed E-state index contributed by atoms with van der Waals surface area (Å²) in [6, 6.07) is 3.04. The van der Waals surface area contributed by atoms with Crippen LogP contribution in [0.25, 0.3) is 0 Å². The summed E-state index contributed by atoms with van der Waals surface area (Å²) in [5.74, 6) is -0.119. The van der Waals surface area contributed by atoms with Crippen molar-refractivity contribution >= 4 is 0 Å². The summed E-state index contributed by atoms with van der Waals surface area (Å²) in [5, 5.41) is 10.7. The Morgan fingerprint density at radius 1 is 1.39 bits per heavy atom. The van der Waals surface area contributed by atoms with Crippen molar-refractivity contribution in [1.82, 2.24) is 4.90 Å². The van der Waals surface area contributed by atoms with Crippen molar-refractivity contribution in [3.63, 3.8) is 0 Å². The van der Waals surface area contributed by atoms with Crippen LogP contribution < -0.4 is 9.47 Å². The number of methoxy groups -OCH3 is 2. The molecule has 2 heterocycles. The third-order valence-corrected chi connectivity index (χ3v) is 4.98. The van der Waals surface area contributed by atoms with E-state index in [0.29, 0.717) is 12.8 Å². The van der Waals surface area contributed by atoms with Gasteiger partial charge in [-0.3, -0.25) is 4.90 Å². The molecule has 0 bridgehead atoms. The fourth-order valence-electron chi connectivity index (χ4n) is 3.91. The number of hydrogen-bond acceptors (Lipinski definition) is 4. The van der Waals surface area contributed by atoms with Crippen LogP contribution in [0.2, 0.25) is 0 Å². The van der Waals surface area contributed by atoms with Crippen LogP contribution in [0, 0.1) is 5.92 Å². The minimum absolute atomic E-state index is 0.0871. The first-order valence-corrected chi connectivity index (χ1v) is 7.94. The second-order valence-electron chi connectivity index (χ2n) is 6.69.